The largest absolute Gasteiger partial charge is 0.462 e. The summed E-state index contributed by atoms with van der Waals surface area (Å²) in [6.45, 7) is 3.52. The lowest BCUT2D eigenvalue weighted by molar-refractivity contribution is -0.117. The molecule has 0 aliphatic heterocycles. The van der Waals surface area contributed by atoms with Crippen LogP contribution in [0.1, 0.15) is 45.4 Å². The highest BCUT2D eigenvalue weighted by Gasteiger charge is 2.33. The second-order valence-electron chi connectivity index (χ2n) is 6.32. The van der Waals surface area contributed by atoms with Gasteiger partial charge in [0.1, 0.15) is 5.00 Å². The minimum absolute atomic E-state index is 0.0417. The van der Waals surface area contributed by atoms with Crippen LogP contribution in [-0.2, 0) is 9.53 Å². The molecule has 9 heteroatoms. The van der Waals surface area contributed by atoms with Crippen molar-refractivity contribution in [1.82, 2.24) is 0 Å². The molecule has 148 valence electrons. The van der Waals surface area contributed by atoms with E-state index in [1.54, 1.807) is 26.0 Å². The molecule has 0 spiro atoms. The van der Waals surface area contributed by atoms with E-state index in [0.29, 0.717) is 26.3 Å². The molecule has 2 aromatic rings. The maximum absolute atomic E-state index is 12.8. The summed E-state index contributed by atoms with van der Waals surface area (Å²) in [6.07, 6.45) is 1.65. The monoisotopic (exact) mass is 440 g/mol. The van der Waals surface area contributed by atoms with Gasteiger partial charge in [0.15, 0.2) is 0 Å². The van der Waals surface area contributed by atoms with E-state index in [4.69, 9.17) is 27.9 Å². The van der Waals surface area contributed by atoms with E-state index in [2.05, 4.69) is 10.6 Å². The highest BCUT2D eigenvalue weighted by Crippen LogP contribution is 2.37. The van der Waals surface area contributed by atoms with E-state index >= 15 is 0 Å². The van der Waals surface area contributed by atoms with Gasteiger partial charge >= 0.3 is 5.97 Å². The zero-order chi connectivity index (χ0) is 20.4. The van der Waals surface area contributed by atoms with Crippen molar-refractivity contribution in [3.05, 3.63) is 44.2 Å². The molecule has 1 aliphatic carbocycles. The molecule has 1 fully saturated rings. The van der Waals surface area contributed by atoms with Crippen LogP contribution in [0.2, 0.25) is 10.0 Å². The number of nitrogens with one attached hydrogen (secondary N) is 2. The lowest BCUT2D eigenvalue weighted by Crippen LogP contribution is -2.16. The average Bonchev–Trinajstić information content (AvgIpc) is 3.43. The van der Waals surface area contributed by atoms with Gasteiger partial charge in [0.05, 0.1) is 27.8 Å². The number of anilines is 2. The van der Waals surface area contributed by atoms with E-state index in [1.807, 2.05) is 0 Å². The Bertz CT molecular complexity index is 954. The van der Waals surface area contributed by atoms with Gasteiger partial charge in [-0.1, -0.05) is 23.2 Å². The van der Waals surface area contributed by atoms with Gasteiger partial charge in [-0.15, -0.1) is 11.3 Å². The normalized spacial score (nSPS) is 13.1. The van der Waals surface area contributed by atoms with E-state index in [0.717, 1.165) is 24.2 Å². The molecule has 1 aromatic heterocycles. The molecule has 2 amide bonds. The Kier molecular flexibility index (Phi) is 6.27. The third-order valence-electron chi connectivity index (χ3n) is 4.19. The average molecular weight is 441 g/mol. The topological polar surface area (TPSA) is 84.5 Å². The lowest BCUT2D eigenvalue weighted by Gasteiger charge is -2.07. The Morgan fingerprint density at radius 2 is 1.93 bits per heavy atom. The fourth-order valence-corrected chi connectivity index (χ4v) is 4.03. The number of esters is 1. The maximum Gasteiger partial charge on any atom is 0.341 e. The van der Waals surface area contributed by atoms with E-state index < -0.39 is 11.9 Å². The van der Waals surface area contributed by atoms with Gasteiger partial charge < -0.3 is 15.4 Å². The number of thiophene rings is 1. The van der Waals surface area contributed by atoms with Crippen LogP contribution in [0.4, 0.5) is 10.7 Å². The minimum Gasteiger partial charge on any atom is -0.462 e. The number of ether oxygens (including phenoxy) is 1. The fourth-order valence-electron chi connectivity index (χ4n) is 2.60. The molecule has 0 saturated heterocycles. The number of amides is 2. The van der Waals surface area contributed by atoms with Crippen LogP contribution < -0.4 is 10.6 Å². The van der Waals surface area contributed by atoms with Crippen molar-refractivity contribution in [3.63, 3.8) is 0 Å². The van der Waals surface area contributed by atoms with Crippen LogP contribution in [0.3, 0.4) is 0 Å². The minimum atomic E-state index is -0.581. The van der Waals surface area contributed by atoms with Crippen LogP contribution in [0.5, 0.6) is 0 Å². The number of hydrogen-bond donors (Lipinski definition) is 2. The van der Waals surface area contributed by atoms with Gasteiger partial charge in [0, 0.05) is 10.9 Å². The van der Waals surface area contributed by atoms with Gasteiger partial charge in [-0.25, -0.2) is 4.79 Å². The Morgan fingerprint density at radius 3 is 2.57 bits per heavy atom. The number of benzene rings is 1. The molecule has 0 radical (unpaired) electrons. The van der Waals surface area contributed by atoms with Crippen molar-refractivity contribution in [3.8, 4) is 0 Å². The van der Waals surface area contributed by atoms with Gasteiger partial charge in [-0.05, 0) is 50.5 Å². The first-order chi connectivity index (χ1) is 13.3. The molecule has 0 unspecified atom stereocenters. The Hall–Kier alpha value is -2.09. The number of carbonyl (C=O) groups is 3. The molecule has 1 aliphatic rings. The van der Waals surface area contributed by atoms with E-state index in [9.17, 15) is 14.4 Å². The SMILES string of the molecule is CCOC(=O)c1c(NC(=O)C2CC2)sc(C(=O)Nc2cc(Cl)ccc2Cl)c1C. The Labute approximate surface area is 176 Å². The molecule has 1 saturated carbocycles. The van der Waals surface area contributed by atoms with Gasteiger partial charge in [0.2, 0.25) is 5.91 Å². The molecule has 0 atom stereocenters. The second kappa shape index (κ2) is 8.51. The molecule has 1 aromatic carbocycles. The molecule has 2 N–H and O–H groups in total. The quantitative estimate of drug-likeness (QED) is 0.608. The van der Waals surface area contributed by atoms with Crippen molar-refractivity contribution in [1.29, 1.82) is 0 Å². The predicted molar refractivity (Wildman–Crippen MR) is 111 cm³/mol. The summed E-state index contributed by atoms with van der Waals surface area (Å²) >= 11 is 13.1. The molecule has 28 heavy (non-hydrogen) atoms. The number of halogens is 2. The molecule has 3 rings (SSSR count). The van der Waals surface area contributed by atoms with Crippen LogP contribution in [-0.4, -0.2) is 24.4 Å². The van der Waals surface area contributed by atoms with Gasteiger partial charge in [0.25, 0.3) is 5.91 Å². The van der Waals surface area contributed by atoms with Gasteiger partial charge in [-0.2, -0.15) is 0 Å². The molecule has 0 bridgehead atoms. The van der Waals surface area contributed by atoms with E-state index in [1.165, 1.54) is 6.07 Å². The Morgan fingerprint density at radius 1 is 1.21 bits per heavy atom. The van der Waals surface area contributed by atoms with Crippen molar-refractivity contribution in [2.45, 2.75) is 26.7 Å². The number of carbonyl (C=O) groups excluding carboxylic acids is 3. The Balaban J connectivity index is 1.93. The summed E-state index contributed by atoms with van der Waals surface area (Å²) in [6, 6.07) is 4.72. The van der Waals surface area contributed by atoms with Crippen molar-refractivity contribution < 1.29 is 19.1 Å². The molecular weight excluding hydrogens is 423 g/mol. The first-order valence-corrected chi connectivity index (χ1v) is 10.3. The summed E-state index contributed by atoms with van der Waals surface area (Å²) in [7, 11) is 0. The molecular formula is C19H18Cl2N2O4S. The first-order valence-electron chi connectivity index (χ1n) is 8.69. The summed E-state index contributed by atoms with van der Waals surface area (Å²) < 4.78 is 5.10. The molecule has 1 heterocycles. The third kappa shape index (κ3) is 4.48. The smallest absolute Gasteiger partial charge is 0.341 e. The first kappa shape index (κ1) is 20.6. The number of rotatable bonds is 6. The highest BCUT2D eigenvalue weighted by molar-refractivity contribution is 7.19. The fraction of sp³-hybridized carbons (Fsp3) is 0.316. The predicted octanol–water partition coefficient (Wildman–Crippen LogP) is 5.14. The van der Waals surface area contributed by atoms with Crippen molar-refractivity contribution >= 4 is 63.0 Å². The third-order valence-corrected chi connectivity index (χ3v) is 5.96. The summed E-state index contributed by atoms with van der Waals surface area (Å²) in [5, 5.41) is 6.53. The highest BCUT2D eigenvalue weighted by atomic mass is 35.5. The van der Waals surface area contributed by atoms with Crippen molar-refractivity contribution in [2.24, 2.45) is 5.92 Å². The van der Waals surface area contributed by atoms with Crippen LogP contribution >= 0.6 is 34.5 Å². The summed E-state index contributed by atoms with van der Waals surface area (Å²) in [4.78, 5) is 37.7. The van der Waals surface area contributed by atoms with E-state index in [-0.39, 0.29) is 28.9 Å². The maximum atomic E-state index is 12.8. The second-order valence-corrected chi connectivity index (χ2v) is 8.19. The summed E-state index contributed by atoms with van der Waals surface area (Å²) in [5.74, 6) is -1.23. The van der Waals surface area contributed by atoms with Crippen LogP contribution in [0, 0.1) is 12.8 Å². The van der Waals surface area contributed by atoms with Crippen LogP contribution in [0.25, 0.3) is 0 Å². The molecule has 6 nitrogen and oxygen atoms in total. The lowest BCUT2D eigenvalue weighted by atomic mass is 10.1. The van der Waals surface area contributed by atoms with Crippen molar-refractivity contribution in [2.75, 3.05) is 17.2 Å². The van der Waals surface area contributed by atoms with Gasteiger partial charge in [-0.3, -0.25) is 9.59 Å². The zero-order valence-electron chi connectivity index (χ0n) is 15.2. The zero-order valence-corrected chi connectivity index (χ0v) is 17.6. The standard InChI is InChI=1S/C19H18Cl2N2O4S/c1-3-27-19(26)14-9(2)15(28-18(14)23-16(24)10-4-5-10)17(25)22-13-8-11(20)6-7-12(13)21/h6-8,10H,3-5H2,1-2H3,(H,22,25)(H,23,24). The van der Waals surface area contributed by atoms with Crippen LogP contribution in [0.15, 0.2) is 18.2 Å². The number of hydrogen-bond acceptors (Lipinski definition) is 5. The summed E-state index contributed by atoms with van der Waals surface area (Å²) in [5.41, 5.74) is 0.988.